The van der Waals surface area contributed by atoms with Gasteiger partial charge in [-0.2, -0.15) is 0 Å². The molecule has 0 radical (unpaired) electrons. The van der Waals surface area contributed by atoms with Crippen LogP contribution in [-0.4, -0.2) is 19.7 Å². The molecule has 0 unspecified atom stereocenters. The van der Waals surface area contributed by atoms with E-state index in [9.17, 15) is 0 Å². The lowest BCUT2D eigenvalue weighted by Gasteiger charge is -2.00. The molecule has 0 amide bonds. The van der Waals surface area contributed by atoms with E-state index in [0.29, 0.717) is 5.82 Å². The van der Waals surface area contributed by atoms with Crippen LogP contribution in [0.2, 0.25) is 0 Å². The summed E-state index contributed by atoms with van der Waals surface area (Å²) in [5, 5.41) is 4.42. The van der Waals surface area contributed by atoms with Crippen LogP contribution >= 0.6 is 0 Å². The van der Waals surface area contributed by atoms with E-state index in [1.165, 1.54) is 17.5 Å². The third-order valence-corrected chi connectivity index (χ3v) is 2.84. The SMILES string of the molecule is Cc1cc(C)cc(-c2ncn(/C=C\c3cocn3)n2)c1. The molecule has 0 atom stereocenters. The Labute approximate surface area is 116 Å². The normalized spacial score (nSPS) is 11.3. The maximum Gasteiger partial charge on any atom is 0.181 e. The Morgan fingerprint density at radius 1 is 1.10 bits per heavy atom. The summed E-state index contributed by atoms with van der Waals surface area (Å²) in [7, 11) is 0. The van der Waals surface area contributed by atoms with Gasteiger partial charge in [0.05, 0.1) is 0 Å². The van der Waals surface area contributed by atoms with Crippen molar-refractivity contribution in [2.24, 2.45) is 0 Å². The molecule has 3 rings (SSSR count). The zero-order chi connectivity index (χ0) is 13.9. The van der Waals surface area contributed by atoms with Crippen LogP contribution in [0.5, 0.6) is 0 Å². The first-order valence-electron chi connectivity index (χ1n) is 6.27. The average molecular weight is 266 g/mol. The van der Waals surface area contributed by atoms with E-state index in [0.717, 1.165) is 11.3 Å². The van der Waals surface area contributed by atoms with Crippen LogP contribution in [0.25, 0.3) is 23.7 Å². The van der Waals surface area contributed by atoms with Crippen LogP contribution in [0.3, 0.4) is 0 Å². The van der Waals surface area contributed by atoms with Gasteiger partial charge in [-0.25, -0.2) is 14.6 Å². The molecule has 0 aliphatic heterocycles. The highest BCUT2D eigenvalue weighted by molar-refractivity contribution is 5.59. The van der Waals surface area contributed by atoms with Gasteiger partial charge in [0.15, 0.2) is 12.2 Å². The van der Waals surface area contributed by atoms with E-state index >= 15 is 0 Å². The van der Waals surface area contributed by atoms with Crippen LogP contribution in [0.4, 0.5) is 0 Å². The van der Waals surface area contributed by atoms with Gasteiger partial charge < -0.3 is 4.42 Å². The number of nitrogens with zero attached hydrogens (tertiary/aromatic N) is 4. The van der Waals surface area contributed by atoms with E-state index in [1.807, 2.05) is 6.08 Å². The Hall–Kier alpha value is -2.69. The minimum Gasteiger partial charge on any atom is -0.451 e. The molecule has 100 valence electrons. The van der Waals surface area contributed by atoms with E-state index in [4.69, 9.17) is 4.42 Å². The van der Waals surface area contributed by atoms with Gasteiger partial charge in [0.25, 0.3) is 0 Å². The Morgan fingerprint density at radius 2 is 1.90 bits per heavy atom. The highest BCUT2D eigenvalue weighted by Gasteiger charge is 2.04. The molecule has 5 heteroatoms. The molecule has 0 saturated heterocycles. The first-order valence-corrected chi connectivity index (χ1v) is 6.27. The van der Waals surface area contributed by atoms with Crippen molar-refractivity contribution in [3.8, 4) is 11.4 Å². The molecule has 0 N–H and O–H groups in total. The topological polar surface area (TPSA) is 56.7 Å². The molecule has 1 aromatic carbocycles. The molecular weight excluding hydrogens is 252 g/mol. The van der Waals surface area contributed by atoms with E-state index in [2.05, 4.69) is 47.1 Å². The van der Waals surface area contributed by atoms with Crippen LogP contribution < -0.4 is 0 Å². The first kappa shape index (κ1) is 12.3. The third kappa shape index (κ3) is 2.66. The van der Waals surface area contributed by atoms with Gasteiger partial charge in [0, 0.05) is 11.8 Å². The number of aromatic nitrogens is 4. The average Bonchev–Trinajstić information content (AvgIpc) is 3.07. The fraction of sp³-hybridized carbons (Fsp3) is 0.133. The summed E-state index contributed by atoms with van der Waals surface area (Å²) in [4.78, 5) is 8.33. The zero-order valence-electron chi connectivity index (χ0n) is 11.3. The molecule has 5 nitrogen and oxygen atoms in total. The van der Waals surface area contributed by atoms with Gasteiger partial charge in [-0.3, -0.25) is 0 Å². The van der Waals surface area contributed by atoms with Crippen molar-refractivity contribution in [2.45, 2.75) is 13.8 Å². The molecule has 2 aromatic heterocycles. The first-order chi connectivity index (χ1) is 9.70. The summed E-state index contributed by atoms with van der Waals surface area (Å²) in [6.45, 7) is 4.13. The lowest BCUT2D eigenvalue weighted by Crippen LogP contribution is -1.88. The maximum atomic E-state index is 4.90. The molecule has 2 heterocycles. The van der Waals surface area contributed by atoms with Gasteiger partial charge in [-0.05, 0) is 32.1 Å². The van der Waals surface area contributed by atoms with Gasteiger partial charge in [0.1, 0.15) is 18.3 Å². The van der Waals surface area contributed by atoms with Gasteiger partial charge in [-0.1, -0.05) is 17.2 Å². The molecule has 0 bridgehead atoms. The standard InChI is InChI=1S/C15H14N4O/c1-11-5-12(2)7-13(6-11)15-16-9-19(18-15)4-3-14-8-20-10-17-14/h3-10H,1-2H3/b4-3-. The summed E-state index contributed by atoms with van der Waals surface area (Å²) < 4.78 is 6.55. The Morgan fingerprint density at radius 3 is 2.60 bits per heavy atom. The smallest absolute Gasteiger partial charge is 0.181 e. The highest BCUT2D eigenvalue weighted by Crippen LogP contribution is 2.18. The van der Waals surface area contributed by atoms with E-state index in [1.54, 1.807) is 23.5 Å². The number of hydrogen-bond donors (Lipinski definition) is 0. The fourth-order valence-electron chi connectivity index (χ4n) is 2.04. The summed E-state index contributed by atoms with van der Waals surface area (Å²) >= 11 is 0. The second-order valence-corrected chi connectivity index (χ2v) is 4.65. The molecule has 0 fully saturated rings. The largest absolute Gasteiger partial charge is 0.451 e. The molecular formula is C15H14N4O. The van der Waals surface area contributed by atoms with Crippen LogP contribution in [-0.2, 0) is 0 Å². The van der Waals surface area contributed by atoms with Crippen molar-refractivity contribution in [3.63, 3.8) is 0 Å². The summed E-state index contributed by atoms with van der Waals surface area (Å²) in [5.74, 6) is 0.710. The van der Waals surface area contributed by atoms with Crippen LogP contribution in [0.15, 0.2) is 41.6 Å². The zero-order valence-corrected chi connectivity index (χ0v) is 11.3. The third-order valence-electron chi connectivity index (χ3n) is 2.84. The predicted molar refractivity (Wildman–Crippen MR) is 76.7 cm³/mol. The maximum absolute atomic E-state index is 4.90. The molecule has 20 heavy (non-hydrogen) atoms. The second-order valence-electron chi connectivity index (χ2n) is 4.65. The molecule has 0 aliphatic carbocycles. The van der Waals surface area contributed by atoms with Crippen molar-refractivity contribution in [1.29, 1.82) is 0 Å². The number of aryl methyl sites for hydroxylation is 2. The summed E-state index contributed by atoms with van der Waals surface area (Å²) in [6, 6.07) is 6.28. The summed E-state index contributed by atoms with van der Waals surface area (Å²) in [6.07, 6.45) is 8.23. The Balaban J connectivity index is 1.86. The van der Waals surface area contributed by atoms with Crippen LogP contribution in [0, 0.1) is 13.8 Å². The lowest BCUT2D eigenvalue weighted by molar-refractivity contribution is 0.557. The fourth-order valence-corrected chi connectivity index (χ4v) is 2.04. The highest BCUT2D eigenvalue weighted by atomic mass is 16.3. The quantitative estimate of drug-likeness (QED) is 0.730. The minimum absolute atomic E-state index is 0.710. The molecule has 3 aromatic rings. The monoisotopic (exact) mass is 266 g/mol. The van der Waals surface area contributed by atoms with Crippen LogP contribution in [0.1, 0.15) is 16.8 Å². The molecule has 0 saturated carbocycles. The van der Waals surface area contributed by atoms with E-state index in [-0.39, 0.29) is 0 Å². The van der Waals surface area contributed by atoms with Gasteiger partial charge in [0.2, 0.25) is 0 Å². The van der Waals surface area contributed by atoms with E-state index < -0.39 is 0 Å². The predicted octanol–water partition coefficient (Wildman–Crippen LogP) is 3.18. The second kappa shape index (κ2) is 5.13. The number of benzene rings is 1. The van der Waals surface area contributed by atoms with Gasteiger partial charge >= 0.3 is 0 Å². The van der Waals surface area contributed by atoms with Crippen molar-refractivity contribution in [2.75, 3.05) is 0 Å². The molecule has 0 spiro atoms. The Kier molecular flexibility index (Phi) is 3.16. The minimum atomic E-state index is 0.710. The number of hydrogen-bond acceptors (Lipinski definition) is 4. The summed E-state index contributed by atoms with van der Waals surface area (Å²) in [5.41, 5.74) is 4.17. The van der Waals surface area contributed by atoms with Crippen molar-refractivity contribution < 1.29 is 4.42 Å². The number of rotatable bonds is 3. The van der Waals surface area contributed by atoms with Crippen molar-refractivity contribution >= 4 is 12.3 Å². The van der Waals surface area contributed by atoms with Crippen molar-refractivity contribution in [3.05, 3.63) is 54.0 Å². The number of oxazole rings is 1. The van der Waals surface area contributed by atoms with Crippen molar-refractivity contribution in [1.82, 2.24) is 19.7 Å². The molecule has 0 aliphatic rings. The van der Waals surface area contributed by atoms with Gasteiger partial charge in [-0.15, -0.1) is 5.10 Å². The Bertz CT molecular complexity index is 721. The lowest BCUT2D eigenvalue weighted by atomic mass is 10.1.